The number of benzene rings is 1. The zero-order valence-electron chi connectivity index (χ0n) is 20.5. The van der Waals surface area contributed by atoms with Crippen LogP contribution in [-0.2, 0) is 14.4 Å². The Labute approximate surface area is 212 Å². The molecule has 2 heterocycles. The largest absolute Gasteiger partial charge is 0.496 e. The highest BCUT2D eigenvalue weighted by atomic mass is 16.5. The van der Waals surface area contributed by atoms with Gasteiger partial charge in [0.15, 0.2) is 5.54 Å². The number of fused-ring (bicyclic) bond motifs is 2. The molecule has 6 atom stereocenters. The fraction of sp³-hybridized carbons (Fsp3) is 0.500. The number of nitrogens with one attached hydrogen (secondary N) is 4. The van der Waals surface area contributed by atoms with E-state index in [4.69, 9.17) is 4.74 Å². The molecule has 0 bridgehead atoms. The molecule has 5 rings (SSSR count). The maximum atomic E-state index is 13.5. The average molecular weight is 508 g/mol. The predicted octanol–water partition coefficient (Wildman–Crippen LogP) is 0.743. The Kier molecular flexibility index (Phi) is 6.15. The number of hydrogen-bond acceptors (Lipinski definition) is 7. The zero-order chi connectivity index (χ0) is 26.5. The lowest BCUT2D eigenvalue weighted by molar-refractivity contribution is -0.138. The molecule has 37 heavy (non-hydrogen) atoms. The van der Waals surface area contributed by atoms with Gasteiger partial charge in [0.1, 0.15) is 23.6 Å². The Hall–Kier alpha value is -3.91. The van der Waals surface area contributed by atoms with E-state index in [1.807, 2.05) is 12.1 Å². The summed E-state index contributed by atoms with van der Waals surface area (Å²) in [7, 11) is 1.54. The number of carbonyl (C=O) groups excluding carboxylic acids is 4. The van der Waals surface area contributed by atoms with Gasteiger partial charge in [-0.15, -0.1) is 0 Å². The van der Waals surface area contributed by atoms with Crippen LogP contribution in [0.25, 0.3) is 10.9 Å². The minimum absolute atomic E-state index is 0.00974. The number of rotatable bonds is 7. The number of amides is 4. The van der Waals surface area contributed by atoms with Gasteiger partial charge in [0, 0.05) is 10.9 Å². The molecule has 1 aromatic heterocycles. The van der Waals surface area contributed by atoms with Crippen molar-refractivity contribution in [3.8, 4) is 11.8 Å². The van der Waals surface area contributed by atoms with Crippen molar-refractivity contribution in [2.45, 2.75) is 50.3 Å². The van der Waals surface area contributed by atoms with Crippen LogP contribution in [0.15, 0.2) is 24.3 Å². The quantitative estimate of drug-likeness (QED) is 0.344. The Morgan fingerprint density at radius 1 is 1.27 bits per heavy atom. The van der Waals surface area contributed by atoms with Crippen molar-refractivity contribution >= 4 is 34.5 Å². The lowest BCUT2D eigenvalue weighted by Gasteiger charge is -2.44. The molecular formula is C26H29N5O6. The molecule has 2 aromatic rings. The van der Waals surface area contributed by atoms with Crippen molar-refractivity contribution in [1.82, 2.24) is 20.9 Å². The van der Waals surface area contributed by atoms with Gasteiger partial charge >= 0.3 is 0 Å². The van der Waals surface area contributed by atoms with Crippen LogP contribution in [0.2, 0.25) is 0 Å². The van der Waals surface area contributed by atoms with Gasteiger partial charge in [-0.3, -0.25) is 24.5 Å². The molecule has 1 aliphatic heterocycles. The summed E-state index contributed by atoms with van der Waals surface area (Å²) >= 11 is 0. The third-order valence-corrected chi connectivity index (χ3v) is 7.86. The number of methoxy groups -OCH3 is 1. The standard InChI is InChI=1S/C26H29N5O6/c1-12-10-26(11-27,21(32)20-19(12)24(35)30-25(20)36)31-23(34)16(8-13-6-7-13)29-22(33)17-9-14-15(28-17)4-3-5-18(14)37-2/h3-5,9,12-13,16,19-21,28,32H,6-8,10H2,1-2H3,(H,29,33)(H,31,34)(H,30,35,36)/t12-,16-,19-,20-,21-,26+/m0/s1. The maximum Gasteiger partial charge on any atom is 0.268 e. The second kappa shape index (κ2) is 9.19. The van der Waals surface area contributed by atoms with Crippen LogP contribution in [0, 0.1) is 35.0 Å². The van der Waals surface area contributed by atoms with E-state index in [0.717, 1.165) is 18.2 Å². The van der Waals surface area contributed by atoms with Crippen LogP contribution in [0.4, 0.5) is 0 Å². The minimum Gasteiger partial charge on any atom is -0.496 e. The van der Waals surface area contributed by atoms with Gasteiger partial charge < -0.3 is 25.5 Å². The second-order valence-corrected chi connectivity index (χ2v) is 10.4. The normalized spacial score (nSPS) is 29.7. The smallest absolute Gasteiger partial charge is 0.268 e. The summed E-state index contributed by atoms with van der Waals surface area (Å²) < 4.78 is 5.35. The van der Waals surface area contributed by atoms with Crippen molar-refractivity contribution in [2.24, 2.45) is 23.7 Å². The molecule has 11 heteroatoms. The predicted molar refractivity (Wildman–Crippen MR) is 130 cm³/mol. The van der Waals surface area contributed by atoms with Crippen LogP contribution >= 0.6 is 0 Å². The Balaban J connectivity index is 1.37. The van der Waals surface area contributed by atoms with E-state index >= 15 is 0 Å². The molecule has 2 saturated carbocycles. The minimum atomic E-state index is -1.78. The average Bonchev–Trinajstić information content (AvgIpc) is 3.48. The molecule has 5 N–H and O–H groups in total. The Morgan fingerprint density at radius 3 is 2.68 bits per heavy atom. The summed E-state index contributed by atoms with van der Waals surface area (Å²) in [5.41, 5.74) is -0.825. The van der Waals surface area contributed by atoms with Gasteiger partial charge in [0.05, 0.1) is 25.0 Å². The highest BCUT2D eigenvalue weighted by molar-refractivity contribution is 6.06. The van der Waals surface area contributed by atoms with E-state index in [1.165, 1.54) is 7.11 Å². The van der Waals surface area contributed by atoms with Crippen molar-refractivity contribution in [3.05, 3.63) is 30.0 Å². The Bertz CT molecular complexity index is 1330. The number of aliphatic hydroxyl groups excluding tert-OH is 1. The van der Waals surface area contributed by atoms with Crippen LogP contribution in [0.3, 0.4) is 0 Å². The third-order valence-electron chi connectivity index (χ3n) is 7.86. The van der Waals surface area contributed by atoms with Crippen LogP contribution in [-0.4, -0.2) is 58.5 Å². The van der Waals surface area contributed by atoms with E-state index in [0.29, 0.717) is 17.7 Å². The summed E-state index contributed by atoms with van der Waals surface area (Å²) in [5.74, 6) is -3.71. The first kappa shape index (κ1) is 24.8. The van der Waals surface area contributed by atoms with Gasteiger partial charge in [-0.1, -0.05) is 25.8 Å². The highest BCUT2D eigenvalue weighted by Crippen LogP contribution is 2.43. The third kappa shape index (κ3) is 4.31. The number of nitrogens with zero attached hydrogens (tertiary/aromatic N) is 1. The number of H-pyrrole nitrogens is 1. The summed E-state index contributed by atoms with van der Waals surface area (Å²) in [6.45, 7) is 1.72. The summed E-state index contributed by atoms with van der Waals surface area (Å²) in [6, 6.07) is 8.08. The van der Waals surface area contributed by atoms with Crippen LogP contribution < -0.4 is 20.7 Å². The van der Waals surface area contributed by atoms with E-state index < -0.39 is 59.1 Å². The van der Waals surface area contributed by atoms with E-state index in [2.05, 4.69) is 20.9 Å². The molecule has 11 nitrogen and oxygen atoms in total. The van der Waals surface area contributed by atoms with Crippen molar-refractivity contribution in [1.29, 1.82) is 5.26 Å². The number of aromatic amines is 1. The van der Waals surface area contributed by atoms with Crippen molar-refractivity contribution < 1.29 is 29.0 Å². The lowest BCUT2D eigenvalue weighted by Crippen LogP contribution is -2.66. The summed E-state index contributed by atoms with van der Waals surface area (Å²) in [5, 5.41) is 29.5. The fourth-order valence-corrected chi connectivity index (χ4v) is 5.78. The van der Waals surface area contributed by atoms with E-state index in [9.17, 15) is 29.5 Å². The SMILES string of the molecule is COc1cccc2[nH]c(C(=O)N[C@@H](CC3CC3)C(=O)N[C@@]3(C#N)C[C@H](C)[C@@H]4C(=O)NC(=O)[C@@H]4[C@@H]3O)cc12. The molecule has 3 aliphatic rings. The molecule has 3 fully saturated rings. The molecule has 0 spiro atoms. The van der Waals surface area contributed by atoms with Gasteiger partial charge in [-0.2, -0.15) is 5.26 Å². The Morgan fingerprint density at radius 2 is 2.00 bits per heavy atom. The summed E-state index contributed by atoms with van der Waals surface area (Å²) in [4.78, 5) is 54.3. The maximum absolute atomic E-state index is 13.5. The monoisotopic (exact) mass is 507 g/mol. The molecule has 4 amide bonds. The summed E-state index contributed by atoms with van der Waals surface area (Å²) in [6.07, 6.45) is 0.646. The van der Waals surface area contributed by atoms with Gasteiger partial charge in [0.2, 0.25) is 17.7 Å². The number of nitriles is 1. The van der Waals surface area contributed by atoms with Crippen molar-refractivity contribution in [2.75, 3.05) is 7.11 Å². The molecule has 2 aliphatic carbocycles. The fourth-order valence-electron chi connectivity index (χ4n) is 5.78. The molecule has 0 unspecified atom stereocenters. The van der Waals surface area contributed by atoms with Crippen LogP contribution in [0.1, 0.15) is 43.1 Å². The number of hydrogen-bond donors (Lipinski definition) is 5. The first-order chi connectivity index (χ1) is 17.7. The lowest BCUT2D eigenvalue weighted by atomic mass is 9.64. The first-order valence-electron chi connectivity index (χ1n) is 12.4. The molecule has 1 aromatic carbocycles. The first-order valence-corrected chi connectivity index (χ1v) is 12.4. The molecule has 194 valence electrons. The zero-order valence-corrected chi connectivity index (χ0v) is 20.5. The molecule has 1 saturated heterocycles. The topological polar surface area (TPSA) is 173 Å². The highest BCUT2D eigenvalue weighted by Gasteiger charge is 2.60. The second-order valence-electron chi connectivity index (χ2n) is 10.4. The van der Waals surface area contributed by atoms with Gasteiger partial charge in [-0.05, 0) is 42.9 Å². The number of aliphatic hydroxyl groups is 1. The number of imide groups is 1. The molecular weight excluding hydrogens is 478 g/mol. The van der Waals surface area contributed by atoms with Crippen molar-refractivity contribution in [3.63, 3.8) is 0 Å². The van der Waals surface area contributed by atoms with Crippen LogP contribution in [0.5, 0.6) is 5.75 Å². The van der Waals surface area contributed by atoms with E-state index in [-0.39, 0.29) is 18.0 Å². The number of aromatic nitrogens is 1. The van der Waals surface area contributed by atoms with Gasteiger partial charge in [-0.25, -0.2) is 0 Å². The molecule has 0 radical (unpaired) electrons. The number of carbonyl (C=O) groups is 4. The van der Waals surface area contributed by atoms with Gasteiger partial charge in [0.25, 0.3) is 5.91 Å². The number of ether oxygens (including phenoxy) is 1. The van der Waals surface area contributed by atoms with E-state index in [1.54, 1.807) is 25.1 Å².